The first kappa shape index (κ1) is 20.5. The van der Waals surface area contributed by atoms with Crippen molar-refractivity contribution >= 4 is 10.9 Å². The van der Waals surface area contributed by atoms with E-state index in [2.05, 4.69) is 15.1 Å². The van der Waals surface area contributed by atoms with Crippen LogP contribution in [0, 0.1) is 6.92 Å². The third kappa shape index (κ3) is 3.74. The molecule has 0 saturated heterocycles. The number of alkyl halides is 3. The van der Waals surface area contributed by atoms with Crippen LogP contribution in [0.25, 0.3) is 27.8 Å². The maximum Gasteiger partial charge on any atom is 0.408 e. The van der Waals surface area contributed by atoms with Crippen LogP contribution >= 0.6 is 0 Å². The topological polar surface area (TPSA) is 87.2 Å². The number of methoxy groups -OCH3 is 2. The van der Waals surface area contributed by atoms with E-state index in [0.717, 1.165) is 4.68 Å². The van der Waals surface area contributed by atoms with Crippen LogP contribution in [0.15, 0.2) is 36.8 Å². The van der Waals surface area contributed by atoms with Crippen molar-refractivity contribution < 1.29 is 27.8 Å². The van der Waals surface area contributed by atoms with Gasteiger partial charge in [-0.3, -0.25) is 9.25 Å². The molecule has 4 rings (SSSR count). The van der Waals surface area contributed by atoms with Crippen LogP contribution in [0.1, 0.15) is 5.69 Å². The summed E-state index contributed by atoms with van der Waals surface area (Å²) in [6.45, 7) is 0.495. The van der Waals surface area contributed by atoms with Gasteiger partial charge in [0.25, 0.3) is 5.88 Å². The molecule has 0 saturated carbocycles. The summed E-state index contributed by atoms with van der Waals surface area (Å²) in [5, 5.41) is 14.9. The first-order valence-electron chi connectivity index (χ1n) is 9.11. The van der Waals surface area contributed by atoms with Gasteiger partial charge in [0.2, 0.25) is 5.88 Å². The summed E-state index contributed by atoms with van der Waals surface area (Å²) in [5.41, 5.74) is 2.59. The van der Waals surface area contributed by atoms with E-state index in [-0.39, 0.29) is 5.88 Å². The lowest BCUT2D eigenvalue weighted by atomic mass is 10.1. The minimum Gasteiger partial charge on any atom is -0.494 e. The Morgan fingerprint density at radius 2 is 1.90 bits per heavy atom. The van der Waals surface area contributed by atoms with Gasteiger partial charge in [-0.05, 0) is 25.1 Å². The van der Waals surface area contributed by atoms with Crippen LogP contribution in [0.3, 0.4) is 0 Å². The molecule has 0 aliphatic carbocycles. The Kier molecular flexibility index (Phi) is 4.96. The van der Waals surface area contributed by atoms with Crippen molar-refractivity contribution in [2.75, 3.05) is 14.2 Å². The summed E-state index contributed by atoms with van der Waals surface area (Å²) in [7, 11) is 2.99. The molecule has 0 aliphatic heterocycles. The fourth-order valence-electron chi connectivity index (χ4n) is 3.39. The molecule has 0 amide bonds. The van der Waals surface area contributed by atoms with Crippen molar-refractivity contribution in [1.29, 1.82) is 0 Å². The highest BCUT2D eigenvalue weighted by molar-refractivity contribution is 5.90. The lowest BCUT2D eigenvalue weighted by Gasteiger charge is -2.08. The van der Waals surface area contributed by atoms with E-state index in [1.807, 2.05) is 0 Å². The Morgan fingerprint density at radius 3 is 2.58 bits per heavy atom. The number of halogens is 3. The average molecular weight is 433 g/mol. The molecule has 0 aliphatic rings. The van der Waals surface area contributed by atoms with Crippen molar-refractivity contribution in [2.24, 2.45) is 0 Å². The van der Waals surface area contributed by atoms with Gasteiger partial charge in [0.15, 0.2) is 5.75 Å². The SMILES string of the molecule is COc1cc(-c2ccc3c(O)n(-c4cnn(CC(F)(F)F)c4)c(C)c3n2)cnc1OC. The van der Waals surface area contributed by atoms with Crippen molar-refractivity contribution in [2.45, 2.75) is 19.6 Å². The van der Waals surface area contributed by atoms with Gasteiger partial charge >= 0.3 is 6.18 Å². The number of ether oxygens (including phenoxy) is 2. The maximum atomic E-state index is 12.6. The number of fused-ring (bicyclic) bond motifs is 1. The normalized spacial score (nSPS) is 11.8. The van der Waals surface area contributed by atoms with Crippen LogP contribution in [0.2, 0.25) is 0 Å². The van der Waals surface area contributed by atoms with E-state index in [1.165, 1.54) is 31.2 Å². The number of nitrogens with zero attached hydrogens (tertiary/aromatic N) is 5. The van der Waals surface area contributed by atoms with Crippen LogP contribution < -0.4 is 9.47 Å². The van der Waals surface area contributed by atoms with Crippen molar-refractivity contribution in [3.8, 4) is 34.5 Å². The summed E-state index contributed by atoms with van der Waals surface area (Å²) < 4.78 is 50.5. The van der Waals surface area contributed by atoms with E-state index in [1.54, 1.807) is 31.3 Å². The summed E-state index contributed by atoms with van der Waals surface area (Å²) in [4.78, 5) is 8.83. The van der Waals surface area contributed by atoms with Gasteiger partial charge in [-0.1, -0.05) is 0 Å². The molecule has 4 heterocycles. The second-order valence-electron chi connectivity index (χ2n) is 6.78. The van der Waals surface area contributed by atoms with Crippen LogP contribution in [0.4, 0.5) is 13.2 Å². The van der Waals surface area contributed by atoms with Crippen LogP contribution in [-0.4, -0.2) is 49.8 Å². The first-order chi connectivity index (χ1) is 14.7. The third-order valence-electron chi connectivity index (χ3n) is 4.77. The molecule has 0 bridgehead atoms. The molecule has 4 aromatic rings. The zero-order chi connectivity index (χ0) is 22.3. The zero-order valence-electron chi connectivity index (χ0n) is 16.8. The molecule has 0 spiro atoms. The monoisotopic (exact) mass is 433 g/mol. The van der Waals surface area contributed by atoms with Gasteiger partial charge in [-0.15, -0.1) is 0 Å². The molecule has 8 nitrogen and oxygen atoms in total. The predicted molar refractivity (Wildman–Crippen MR) is 106 cm³/mol. The van der Waals surface area contributed by atoms with Crippen LogP contribution in [-0.2, 0) is 6.54 Å². The molecule has 0 unspecified atom stereocenters. The number of hydrogen-bond acceptors (Lipinski definition) is 6. The minimum absolute atomic E-state index is 0.136. The van der Waals surface area contributed by atoms with E-state index in [4.69, 9.17) is 9.47 Å². The molecule has 4 aromatic heterocycles. The molecule has 11 heteroatoms. The second-order valence-corrected chi connectivity index (χ2v) is 6.78. The highest BCUT2D eigenvalue weighted by Crippen LogP contribution is 2.36. The van der Waals surface area contributed by atoms with Crippen molar-refractivity contribution in [3.63, 3.8) is 0 Å². The molecule has 0 fully saturated rings. The van der Waals surface area contributed by atoms with Gasteiger partial charge in [0.1, 0.15) is 6.54 Å². The Bertz CT molecular complexity index is 1260. The lowest BCUT2D eigenvalue weighted by Crippen LogP contribution is -2.17. The number of aryl methyl sites for hydroxylation is 1. The number of rotatable bonds is 5. The van der Waals surface area contributed by atoms with E-state index in [9.17, 15) is 18.3 Å². The third-order valence-corrected chi connectivity index (χ3v) is 4.77. The number of hydrogen-bond donors (Lipinski definition) is 1. The Morgan fingerprint density at radius 1 is 1.13 bits per heavy atom. The van der Waals surface area contributed by atoms with Crippen molar-refractivity contribution in [1.82, 2.24) is 24.3 Å². The Labute approximate surface area is 174 Å². The van der Waals surface area contributed by atoms with E-state index >= 15 is 0 Å². The average Bonchev–Trinajstić information content (AvgIpc) is 3.27. The van der Waals surface area contributed by atoms with Crippen molar-refractivity contribution in [3.05, 3.63) is 42.5 Å². The van der Waals surface area contributed by atoms with E-state index < -0.39 is 12.7 Å². The summed E-state index contributed by atoms with van der Waals surface area (Å²) >= 11 is 0. The lowest BCUT2D eigenvalue weighted by molar-refractivity contribution is -0.142. The fraction of sp³-hybridized carbons (Fsp3) is 0.250. The quantitative estimate of drug-likeness (QED) is 0.514. The molecule has 0 radical (unpaired) electrons. The largest absolute Gasteiger partial charge is 0.494 e. The second kappa shape index (κ2) is 7.49. The fourth-order valence-corrected chi connectivity index (χ4v) is 3.39. The number of aromatic nitrogens is 5. The predicted octanol–water partition coefficient (Wildman–Crippen LogP) is 3.88. The minimum atomic E-state index is -4.40. The highest BCUT2D eigenvalue weighted by Gasteiger charge is 2.29. The molecular weight excluding hydrogens is 415 g/mol. The number of pyridine rings is 2. The molecule has 162 valence electrons. The molecule has 0 aromatic carbocycles. The maximum absolute atomic E-state index is 12.6. The van der Waals surface area contributed by atoms with E-state index in [0.29, 0.717) is 45.2 Å². The van der Waals surface area contributed by atoms with Gasteiger partial charge < -0.3 is 14.6 Å². The number of aromatic hydroxyl groups is 1. The summed E-state index contributed by atoms with van der Waals surface area (Å²) in [6, 6.07) is 5.13. The van der Waals surface area contributed by atoms with Gasteiger partial charge in [-0.25, -0.2) is 9.97 Å². The highest BCUT2D eigenvalue weighted by atomic mass is 19.4. The molecule has 31 heavy (non-hydrogen) atoms. The van der Waals surface area contributed by atoms with Gasteiger partial charge in [0, 0.05) is 23.7 Å². The molecule has 1 N–H and O–H groups in total. The standard InChI is InChI=1S/C20H18F3N5O3/c1-11-17-14(19(29)28(11)13-8-25-27(9-13)10-20(21,22)23)4-5-15(26-17)12-6-16(30-2)18(31-3)24-7-12/h4-9,29H,10H2,1-3H3. The van der Waals surface area contributed by atoms with Crippen LogP contribution in [0.5, 0.6) is 17.5 Å². The zero-order valence-corrected chi connectivity index (χ0v) is 16.8. The van der Waals surface area contributed by atoms with Gasteiger partial charge in [-0.2, -0.15) is 18.3 Å². The smallest absolute Gasteiger partial charge is 0.408 e. The summed E-state index contributed by atoms with van der Waals surface area (Å²) in [6.07, 6.45) is -0.330. The first-order valence-corrected chi connectivity index (χ1v) is 9.11. The molecule has 0 atom stereocenters. The summed E-state index contributed by atoms with van der Waals surface area (Å²) in [5.74, 6) is 0.642. The van der Waals surface area contributed by atoms with Gasteiger partial charge in [0.05, 0.1) is 42.7 Å². The Balaban J connectivity index is 1.78. The molecular formula is C20H18F3N5O3. The Hall–Kier alpha value is -3.76.